The Morgan fingerprint density at radius 3 is 2.40 bits per heavy atom. The fraction of sp³-hybridized carbons (Fsp3) is 0.235. The molecule has 0 saturated heterocycles. The van der Waals surface area contributed by atoms with Crippen LogP contribution in [-0.2, 0) is 13.1 Å². The predicted octanol–water partition coefficient (Wildman–Crippen LogP) is 4.12. The summed E-state index contributed by atoms with van der Waals surface area (Å²) in [7, 11) is 0. The molecule has 0 fully saturated rings. The van der Waals surface area contributed by atoms with Crippen molar-refractivity contribution in [2.75, 3.05) is 6.54 Å². The number of aliphatic imine (C=N–C) groups is 1. The first-order valence-corrected chi connectivity index (χ1v) is 7.97. The van der Waals surface area contributed by atoms with Crippen LogP contribution < -0.4 is 10.6 Å². The number of hydrogen-bond acceptors (Lipinski definition) is 3. The second kappa shape index (κ2) is 10.9. The molecule has 2 N–H and O–H groups in total. The van der Waals surface area contributed by atoms with E-state index in [0.717, 1.165) is 5.56 Å². The van der Waals surface area contributed by atoms with Crippen molar-refractivity contribution >= 4 is 47.2 Å². The van der Waals surface area contributed by atoms with Crippen LogP contribution in [0.15, 0.2) is 53.5 Å². The highest BCUT2D eigenvalue weighted by atomic mass is 127. The van der Waals surface area contributed by atoms with Gasteiger partial charge < -0.3 is 10.6 Å². The van der Waals surface area contributed by atoms with Gasteiger partial charge in [-0.05, 0) is 18.6 Å². The fourth-order valence-corrected chi connectivity index (χ4v) is 2.35. The first kappa shape index (κ1) is 21.2. The Kier molecular flexibility index (Phi) is 9.22. The fourth-order valence-electron chi connectivity index (χ4n) is 2.15. The van der Waals surface area contributed by atoms with Crippen LogP contribution in [0.2, 0.25) is 5.02 Å². The predicted molar refractivity (Wildman–Crippen MR) is 112 cm³/mol. The SMILES string of the molecule is CCNC(=NCc1ccccc1Cl)NCc1ccccc1[N+](=O)[O-].I. The van der Waals surface area contributed by atoms with Crippen LogP contribution in [0.4, 0.5) is 5.69 Å². The van der Waals surface area contributed by atoms with Crippen molar-refractivity contribution in [3.05, 3.63) is 74.8 Å². The van der Waals surface area contributed by atoms with Crippen LogP contribution in [0.3, 0.4) is 0 Å². The normalized spacial score (nSPS) is 10.7. The molecule has 0 aliphatic heterocycles. The Morgan fingerprint density at radius 1 is 1.12 bits per heavy atom. The van der Waals surface area contributed by atoms with Gasteiger partial charge in [0.25, 0.3) is 5.69 Å². The molecule has 0 amide bonds. The van der Waals surface area contributed by atoms with E-state index in [9.17, 15) is 10.1 Å². The standard InChI is InChI=1S/C17H19ClN4O2.HI/c1-2-19-17(20-11-13-7-3-5-9-15(13)18)21-12-14-8-4-6-10-16(14)22(23)24;/h3-10H,2,11-12H2,1H3,(H2,19,20,21);1H. The van der Waals surface area contributed by atoms with E-state index < -0.39 is 0 Å². The maximum atomic E-state index is 11.1. The maximum absolute atomic E-state index is 11.1. The summed E-state index contributed by atoms with van der Waals surface area (Å²) in [4.78, 5) is 15.1. The van der Waals surface area contributed by atoms with Gasteiger partial charge in [0, 0.05) is 29.7 Å². The largest absolute Gasteiger partial charge is 0.357 e. The second-order valence-corrected chi connectivity index (χ2v) is 5.43. The molecule has 8 heteroatoms. The summed E-state index contributed by atoms with van der Waals surface area (Å²) in [6.45, 7) is 3.38. The molecular formula is C17H20ClIN4O2. The average molecular weight is 475 g/mol. The van der Waals surface area contributed by atoms with Gasteiger partial charge in [-0.25, -0.2) is 4.99 Å². The number of benzene rings is 2. The molecule has 6 nitrogen and oxygen atoms in total. The smallest absolute Gasteiger partial charge is 0.274 e. The van der Waals surface area contributed by atoms with E-state index in [1.54, 1.807) is 18.2 Å². The van der Waals surface area contributed by atoms with Gasteiger partial charge >= 0.3 is 0 Å². The van der Waals surface area contributed by atoms with Gasteiger partial charge in [0.2, 0.25) is 0 Å². The second-order valence-electron chi connectivity index (χ2n) is 5.03. The number of nitrogens with one attached hydrogen (secondary N) is 2. The number of guanidine groups is 1. The van der Waals surface area contributed by atoms with Gasteiger partial charge in [0.15, 0.2) is 5.96 Å². The Hall–Kier alpha value is -1.87. The van der Waals surface area contributed by atoms with Crippen LogP contribution in [-0.4, -0.2) is 17.4 Å². The number of nitro benzene ring substituents is 1. The highest BCUT2D eigenvalue weighted by Crippen LogP contribution is 2.17. The molecule has 0 heterocycles. The summed E-state index contributed by atoms with van der Waals surface area (Å²) in [6.07, 6.45) is 0. The molecule has 0 aliphatic rings. The molecule has 0 saturated carbocycles. The summed E-state index contributed by atoms with van der Waals surface area (Å²) in [5.74, 6) is 0.579. The Labute approximate surface area is 168 Å². The molecule has 0 aromatic heterocycles. The van der Waals surface area contributed by atoms with Gasteiger partial charge in [-0.1, -0.05) is 48.0 Å². The molecule has 2 aromatic rings. The highest BCUT2D eigenvalue weighted by molar-refractivity contribution is 14.0. The molecule has 0 bridgehead atoms. The third kappa shape index (κ3) is 6.50. The summed E-state index contributed by atoms with van der Waals surface area (Å²) in [5, 5.41) is 18.0. The number of para-hydroxylation sites is 1. The molecule has 2 rings (SSSR count). The highest BCUT2D eigenvalue weighted by Gasteiger charge is 2.12. The lowest BCUT2D eigenvalue weighted by Crippen LogP contribution is -2.36. The topological polar surface area (TPSA) is 79.6 Å². The Balaban J connectivity index is 0.00000312. The van der Waals surface area contributed by atoms with Crippen molar-refractivity contribution < 1.29 is 4.92 Å². The molecule has 0 atom stereocenters. The van der Waals surface area contributed by atoms with Crippen LogP contribution in [0.1, 0.15) is 18.1 Å². The third-order valence-corrected chi connectivity index (χ3v) is 3.71. The first-order chi connectivity index (χ1) is 11.6. The van der Waals surface area contributed by atoms with Crippen LogP contribution in [0, 0.1) is 10.1 Å². The lowest BCUT2D eigenvalue weighted by Gasteiger charge is -2.12. The monoisotopic (exact) mass is 474 g/mol. The van der Waals surface area contributed by atoms with Crippen LogP contribution >= 0.6 is 35.6 Å². The minimum absolute atomic E-state index is 0. The van der Waals surface area contributed by atoms with Gasteiger partial charge in [-0.3, -0.25) is 10.1 Å². The lowest BCUT2D eigenvalue weighted by atomic mass is 10.2. The van der Waals surface area contributed by atoms with Crippen molar-refractivity contribution in [1.29, 1.82) is 0 Å². The van der Waals surface area contributed by atoms with Gasteiger partial charge in [0.1, 0.15) is 0 Å². The van der Waals surface area contributed by atoms with E-state index in [1.165, 1.54) is 6.07 Å². The minimum Gasteiger partial charge on any atom is -0.357 e. The van der Waals surface area contributed by atoms with Gasteiger partial charge in [-0.15, -0.1) is 24.0 Å². The Bertz CT molecular complexity index is 740. The Morgan fingerprint density at radius 2 is 1.76 bits per heavy atom. The van der Waals surface area contributed by atoms with Crippen molar-refractivity contribution in [2.24, 2.45) is 4.99 Å². The summed E-state index contributed by atoms with van der Waals surface area (Å²) in [6, 6.07) is 14.2. The van der Waals surface area contributed by atoms with E-state index in [-0.39, 0.29) is 34.6 Å². The number of halogens is 2. The first-order valence-electron chi connectivity index (χ1n) is 7.59. The van der Waals surface area contributed by atoms with E-state index >= 15 is 0 Å². The van der Waals surface area contributed by atoms with Gasteiger partial charge in [-0.2, -0.15) is 0 Å². The average Bonchev–Trinajstić information content (AvgIpc) is 2.58. The molecular weight excluding hydrogens is 455 g/mol. The number of nitrogens with zero attached hydrogens (tertiary/aromatic N) is 2. The van der Waals surface area contributed by atoms with E-state index in [0.29, 0.717) is 36.2 Å². The quantitative estimate of drug-likeness (QED) is 0.217. The van der Waals surface area contributed by atoms with Crippen LogP contribution in [0.5, 0.6) is 0 Å². The van der Waals surface area contributed by atoms with E-state index in [2.05, 4.69) is 15.6 Å². The van der Waals surface area contributed by atoms with Gasteiger partial charge in [0.05, 0.1) is 11.5 Å². The molecule has 0 unspecified atom stereocenters. The molecule has 0 radical (unpaired) electrons. The summed E-state index contributed by atoms with van der Waals surface area (Å²) >= 11 is 6.13. The van der Waals surface area contributed by atoms with E-state index in [1.807, 2.05) is 31.2 Å². The molecule has 25 heavy (non-hydrogen) atoms. The van der Waals surface area contributed by atoms with Crippen molar-refractivity contribution in [1.82, 2.24) is 10.6 Å². The zero-order valence-electron chi connectivity index (χ0n) is 13.7. The lowest BCUT2D eigenvalue weighted by molar-refractivity contribution is -0.385. The number of nitro groups is 1. The maximum Gasteiger partial charge on any atom is 0.274 e. The zero-order chi connectivity index (χ0) is 17.4. The van der Waals surface area contributed by atoms with E-state index in [4.69, 9.17) is 11.6 Å². The van der Waals surface area contributed by atoms with Crippen LogP contribution in [0.25, 0.3) is 0 Å². The third-order valence-electron chi connectivity index (χ3n) is 3.34. The van der Waals surface area contributed by atoms with Crippen molar-refractivity contribution in [3.63, 3.8) is 0 Å². The van der Waals surface area contributed by atoms with Crippen molar-refractivity contribution in [2.45, 2.75) is 20.0 Å². The minimum atomic E-state index is -0.384. The zero-order valence-corrected chi connectivity index (χ0v) is 16.8. The number of rotatable bonds is 6. The molecule has 0 aliphatic carbocycles. The molecule has 134 valence electrons. The molecule has 2 aromatic carbocycles. The summed E-state index contributed by atoms with van der Waals surface area (Å²) in [5.41, 5.74) is 1.61. The molecule has 0 spiro atoms. The number of hydrogen-bond donors (Lipinski definition) is 2. The van der Waals surface area contributed by atoms with Crippen molar-refractivity contribution in [3.8, 4) is 0 Å². The summed E-state index contributed by atoms with van der Waals surface area (Å²) < 4.78 is 0.